The first kappa shape index (κ1) is 16.5. The van der Waals surface area contributed by atoms with Crippen LogP contribution in [0.4, 0.5) is 4.79 Å². The molecule has 5 fully saturated rings. The minimum atomic E-state index is -0.308. The third-order valence-corrected chi connectivity index (χ3v) is 6.77. The van der Waals surface area contributed by atoms with Crippen molar-refractivity contribution in [2.45, 2.75) is 38.5 Å². The van der Waals surface area contributed by atoms with Crippen LogP contribution in [-0.4, -0.2) is 60.5 Å². The zero-order valence-electron chi connectivity index (χ0n) is 14.2. The summed E-state index contributed by atoms with van der Waals surface area (Å²) in [6.07, 6.45) is 7.07. The van der Waals surface area contributed by atoms with Gasteiger partial charge in [0.2, 0.25) is 5.91 Å². The van der Waals surface area contributed by atoms with Crippen LogP contribution in [0, 0.1) is 23.2 Å². The number of alkyl halides is 1. The van der Waals surface area contributed by atoms with Gasteiger partial charge in [-0.15, -0.1) is 11.6 Å². The average molecular weight is 355 g/mol. The summed E-state index contributed by atoms with van der Waals surface area (Å²) in [4.78, 5) is 28.9. The zero-order valence-corrected chi connectivity index (χ0v) is 15.0. The van der Waals surface area contributed by atoms with Crippen LogP contribution in [-0.2, 0) is 9.53 Å². The lowest BCUT2D eigenvalue weighted by Crippen LogP contribution is -2.58. The minimum Gasteiger partial charge on any atom is -0.448 e. The molecule has 4 bridgehead atoms. The molecule has 4 saturated carbocycles. The quantitative estimate of drug-likeness (QED) is 0.732. The fourth-order valence-electron chi connectivity index (χ4n) is 6.02. The lowest BCUT2D eigenvalue weighted by molar-refractivity contribution is -0.159. The highest BCUT2D eigenvalue weighted by Gasteiger charge is 2.55. The van der Waals surface area contributed by atoms with Crippen molar-refractivity contribution in [3.63, 3.8) is 0 Å². The van der Waals surface area contributed by atoms with E-state index in [1.165, 1.54) is 19.3 Å². The summed E-state index contributed by atoms with van der Waals surface area (Å²) < 4.78 is 5.08. The maximum absolute atomic E-state index is 13.3. The average Bonchev–Trinajstić information content (AvgIpc) is 2.58. The molecule has 5 rings (SSSR count). The molecule has 1 heterocycles. The van der Waals surface area contributed by atoms with Gasteiger partial charge in [0.15, 0.2) is 0 Å². The lowest BCUT2D eigenvalue weighted by Gasteiger charge is -2.57. The normalized spacial score (nSPS) is 37.6. The molecule has 0 atom stereocenters. The molecule has 4 aliphatic carbocycles. The summed E-state index contributed by atoms with van der Waals surface area (Å²) >= 11 is 5.55. The highest BCUT2D eigenvalue weighted by Crippen LogP contribution is 2.60. The van der Waals surface area contributed by atoms with E-state index in [1.54, 1.807) is 4.90 Å². The lowest BCUT2D eigenvalue weighted by atomic mass is 9.49. The van der Waals surface area contributed by atoms with Crippen LogP contribution in [0.1, 0.15) is 38.5 Å². The summed E-state index contributed by atoms with van der Waals surface area (Å²) in [6, 6.07) is 0. The Labute approximate surface area is 148 Å². The molecular weight excluding hydrogens is 328 g/mol. The number of carbonyl (C=O) groups excluding carboxylic acids is 2. The SMILES string of the molecule is O=C(OCCCl)N1CCN(C(=O)C23CC4CC(CC(C4)C2)C3)CC1. The third-order valence-electron chi connectivity index (χ3n) is 6.62. The van der Waals surface area contributed by atoms with Crippen LogP contribution in [0.3, 0.4) is 0 Å². The van der Waals surface area contributed by atoms with Crippen LogP contribution in [0.5, 0.6) is 0 Å². The van der Waals surface area contributed by atoms with Crippen molar-refractivity contribution in [3.8, 4) is 0 Å². The van der Waals surface area contributed by atoms with Gasteiger partial charge in [0.25, 0.3) is 0 Å². The maximum atomic E-state index is 13.3. The summed E-state index contributed by atoms with van der Waals surface area (Å²) in [7, 11) is 0. The molecule has 24 heavy (non-hydrogen) atoms. The second-order valence-electron chi connectivity index (χ2n) is 8.28. The fraction of sp³-hybridized carbons (Fsp3) is 0.889. The Morgan fingerprint density at radius 2 is 1.42 bits per heavy atom. The third kappa shape index (κ3) is 2.89. The number of nitrogens with zero attached hydrogens (tertiary/aromatic N) is 2. The largest absolute Gasteiger partial charge is 0.448 e. The number of halogens is 1. The summed E-state index contributed by atoms with van der Waals surface area (Å²) in [5, 5.41) is 0. The summed E-state index contributed by atoms with van der Waals surface area (Å²) in [5.74, 6) is 3.04. The molecule has 0 radical (unpaired) electrons. The van der Waals surface area contributed by atoms with E-state index in [4.69, 9.17) is 16.3 Å². The molecule has 0 unspecified atom stereocenters. The smallest absolute Gasteiger partial charge is 0.409 e. The van der Waals surface area contributed by atoms with Gasteiger partial charge in [-0.05, 0) is 56.3 Å². The molecule has 1 aliphatic heterocycles. The number of rotatable bonds is 3. The minimum absolute atomic E-state index is 0.0734. The van der Waals surface area contributed by atoms with Crippen molar-refractivity contribution in [1.29, 1.82) is 0 Å². The molecular formula is C18H27ClN2O3. The van der Waals surface area contributed by atoms with E-state index in [9.17, 15) is 9.59 Å². The molecule has 0 aromatic rings. The second-order valence-corrected chi connectivity index (χ2v) is 8.66. The van der Waals surface area contributed by atoms with E-state index in [-0.39, 0.29) is 18.1 Å². The van der Waals surface area contributed by atoms with Gasteiger partial charge >= 0.3 is 6.09 Å². The van der Waals surface area contributed by atoms with Crippen LogP contribution >= 0.6 is 11.6 Å². The number of hydrogen-bond donors (Lipinski definition) is 0. The van der Waals surface area contributed by atoms with Gasteiger partial charge in [0.1, 0.15) is 6.61 Å². The van der Waals surface area contributed by atoms with Crippen molar-refractivity contribution in [3.05, 3.63) is 0 Å². The van der Waals surface area contributed by atoms with Crippen molar-refractivity contribution < 1.29 is 14.3 Å². The van der Waals surface area contributed by atoms with Crippen LogP contribution in [0.2, 0.25) is 0 Å². The Bertz CT molecular complexity index is 481. The van der Waals surface area contributed by atoms with E-state index < -0.39 is 0 Å². The molecule has 0 aromatic carbocycles. The van der Waals surface area contributed by atoms with Crippen molar-refractivity contribution in [2.75, 3.05) is 38.7 Å². The summed E-state index contributed by atoms with van der Waals surface area (Å²) in [6.45, 7) is 2.65. The van der Waals surface area contributed by atoms with Gasteiger partial charge in [0.05, 0.1) is 11.3 Å². The first-order valence-electron chi connectivity index (χ1n) is 9.37. The molecule has 0 spiro atoms. The van der Waals surface area contributed by atoms with Crippen molar-refractivity contribution in [2.24, 2.45) is 23.2 Å². The van der Waals surface area contributed by atoms with Crippen LogP contribution < -0.4 is 0 Å². The zero-order chi connectivity index (χ0) is 16.7. The topological polar surface area (TPSA) is 49.9 Å². The number of carbonyl (C=O) groups is 2. The first-order chi connectivity index (χ1) is 11.6. The van der Waals surface area contributed by atoms with Gasteiger partial charge in [-0.3, -0.25) is 4.79 Å². The molecule has 5 nitrogen and oxygen atoms in total. The molecule has 5 aliphatic rings. The Kier molecular flexibility index (Phi) is 4.40. The molecule has 6 heteroatoms. The van der Waals surface area contributed by atoms with Gasteiger partial charge in [0, 0.05) is 26.2 Å². The van der Waals surface area contributed by atoms with E-state index in [2.05, 4.69) is 0 Å². The Balaban J connectivity index is 1.36. The van der Waals surface area contributed by atoms with Crippen molar-refractivity contribution in [1.82, 2.24) is 9.80 Å². The van der Waals surface area contributed by atoms with Gasteiger partial charge in [-0.2, -0.15) is 0 Å². The Morgan fingerprint density at radius 3 is 1.92 bits per heavy atom. The molecule has 2 amide bonds. The number of ether oxygens (including phenoxy) is 1. The van der Waals surface area contributed by atoms with Crippen LogP contribution in [0.25, 0.3) is 0 Å². The Hall–Kier alpha value is -0.970. The Morgan fingerprint density at radius 1 is 0.917 bits per heavy atom. The van der Waals surface area contributed by atoms with Gasteiger partial charge in [-0.1, -0.05) is 0 Å². The second kappa shape index (κ2) is 6.40. The van der Waals surface area contributed by atoms with Gasteiger partial charge < -0.3 is 14.5 Å². The highest BCUT2D eigenvalue weighted by molar-refractivity contribution is 6.18. The fourth-order valence-corrected chi connectivity index (χ4v) is 6.09. The number of amides is 2. The number of hydrogen-bond acceptors (Lipinski definition) is 3. The first-order valence-corrected chi connectivity index (χ1v) is 9.90. The predicted octanol–water partition coefficient (Wildman–Crippen LogP) is 2.72. The number of piperazine rings is 1. The highest BCUT2D eigenvalue weighted by atomic mass is 35.5. The standard InChI is InChI=1S/C18H27ClN2O3/c19-1-6-24-17(23)21-4-2-20(3-5-21)16(22)18-10-13-7-14(11-18)9-15(8-13)12-18/h13-15H,1-12H2. The van der Waals surface area contributed by atoms with Crippen molar-refractivity contribution >= 4 is 23.6 Å². The van der Waals surface area contributed by atoms with E-state index >= 15 is 0 Å². The summed E-state index contributed by atoms with van der Waals surface area (Å²) in [5.41, 5.74) is -0.0734. The molecule has 134 valence electrons. The maximum Gasteiger partial charge on any atom is 0.409 e. The van der Waals surface area contributed by atoms with Crippen LogP contribution in [0.15, 0.2) is 0 Å². The molecule has 0 N–H and O–H groups in total. The predicted molar refractivity (Wildman–Crippen MR) is 90.8 cm³/mol. The monoisotopic (exact) mass is 354 g/mol. The molecule has 1 saturated heterocycles. The van der Waals surface area contributed by atoms with E-state index in [0.29, 0.717) is 38.0 Å². The van der Waals surface area contributed by atoms with E-state index in [1.807, 2.05) is 4.90 Å². The van der Waals surface area contributed by atoms with Gasteiger partial charge in [-0.25, -0.2) is 4.79 Å². The molecule has 0 aromatic heterocycles. The van der Waals surface area contributed by atoms with E-state index in [0.717, 1.165) is 37.0 Å².